The first-order valence-corrected chi connectivity index (χ1v) is 14.8. The largest absolute Gasteiger partial charge is 0.461 e. The van der Waals surface area contributed by atoms with Gasteiger partial charge in [0.25, 0.3) is 11.5 Å². The fraction of sp³-hybridized carbons (Fsp3) is 0.258. The Hall–Kier alpha value is -4.99. The van der Waals surface area contributed by atoms with Crippen molar-refractivity contribution >= 4 is 45.6 Å². The van der Waals surface area contributed by atoms with Gasteiger partial charge in [-0.3, -0.25) is 14.2 Å². The first-order chi connectivity index (χ1) is 20.9. The zero-order chi connectivity index (χ0) is 29.8. The maximum absolute atomic E-state index is 13.8. The van der Waals surface area contributed by atoms with E-state index in [9.17, 15) is 9.59 Å². The van der Waals surface area contributed by atoms with Gasteiger partial charge in [-0.25, -0.2) is 9.97 Å². The number of aromatic nitrogens is 4. The van der Waals surface area contributed by atoms with Gasteiger partial charge in [-0.1, -0.05) is 5.92 Å². The lowest BCUT2D eigenvalue weighted by atomic mass is 10.1. The van der Waals surface area contributed by atoms with Gasteiger partial charge >= 0.3 is 0 Å². The monoisotopic (exact) mass is 594 g/mol. The van der Waals surface area contributed by atoms with E-state index in [0.29, 0.717) is 33.8 Å². The van der Waals surface area contributed by atoms with Crippen LogP contribution in [0.15, 0.2) is 69.6 Å². The third kappa shape index (κ3) is 6.43. The molecule has 11 nitrogen and oxygen atoms in total. The van der Waals surface area contributed by atoms with Crippen molar-refractivity contribution in [2.75, 3.05) is 37.8 Å². The lowest BCUT2D eigenvalue weighted by molar-refractivity contribution is -0.122. The standard InChI is InChI=1S/C31H30N8O3S/c1-38(2)26(40)8-3-20-17-22-18-34-31(36-24-6-4-23(5-7-24)35-25-9-12-32-13-10-25)37-28(22)39(30(20)41)19-21-11-15-42-27(21)29-33-14-16-43-29/h4-7,11,14-18,25,32,35H,9-10,12-13,19H2,1-2H3,(H,34,36,37). The Morgan fingerprint density at radius 3 is 2.70 bits per heavy atom. The van der Waals surface area contributed by atoms with Crippen molar-refractivity contribution in [1.82, 2.24) is 29.7 Å². The maximum Gasteiger partial charge on any atom is 0.298 e. The molecule has 0 bridgehead atoms. The molecule has 4 aromatic heterocycles. The van der Waals surface area contributed by atoms with Crippen molar-refractivity contribution in [3.63, 3.8) is 0 Å². The SMILES string of the molecule is CN(C)C(=O)C#Cc1cc2cnc(Nc3ccc(NC4CCNCC4)cc3)nc2n(Cc2ccoc2-c2nccs2)c1=O. The molecule has 43 heavy (non-hydrogen) atoms. The van der Waals surface area contributed by atoms with Crippen molar-refractivity contribution < 1.29 is 9.21 Å². The Kier molecular flexibility index (Phi) is 8.17. The van der Waals surface area contributed by atoms with Gasteiger partial charge < -0.3 is 25.3 Å². The molecule has 6 rings (SSSR count). The molecular formula is C31H30N8O3S. The lowest BCUT2D eigenvalue weighted by Crippen LogP contribution is -2.35. The molecule has 0 saturated carbocycles. The molecule has 1 aliphatic heterocycles. The predicted octanol–water partition coefficient (Wildman–Crippen LogP) is 3.90. The molecule has 3 N–H and O–H groups in total. The summed E-state index contributed by atoms with van der Waals surface area (Å²) >= 11 is 1.44. The van der Waals surface area contributed by atoms with Gasteiger partial charge in [-0.05, 0) is 62.3 Å². The first-order valence-electron chi connectivity index (χ1n) is 13.9. The van der Waals surface area contributed by atoms with Gasteiger partial charge in [0.1, 0.15) is 5.65 Å². The summed E-state index contributed by atoms with van der Waals surface area (Å²) in [4.78, 5) is 40.8. The minimum absolute atomic E-state index is 0.158. The van der Waals surface area contributed by atoms with Gasteiger partial charge in [0.2, 0.25) is 5.95 Å². The summed E-state index contributed by atoms with van der Waals surface area (Å²) in [5.41, 5.74) is 2.84. The molecule has 1 aromatic carbocycles. The van der Waals surface area contributed by atoms with Gasteiger partial charge in [-0.15, -0.1) is 11.3 Å². The number of pyridine rings is 1. The quantitative estimate of drug-likeness (QED) is 0.240. The van der Waals surface area contributed by atoms with Crippen LogP contribution in [0, 0.1) is 11.8 Å². The maximum atomic E-state index is 13.8. The number of nitrogens with one attached hydrogen (secondary N) is 3. The number of benzene rings is 1. The highest BCUT2D eigenvalue weighted by Gasteiger charge is 2.17. The van der Waals surface area contributed by atoms with E-state index in [1.54, 1.807) is 38.8 Å². The van der Waals surface area contributed by atoms with E-state index in [1.807, 2.05) is 35.7 Å². The van der Waals surface area contributed by atoms with E-state index < -0.39 is 5.91 Å². The number of fused-ring (bicyclic) bond motifs is 1. The Balaban J connectivity index is 1.34. The van der Waals surface area contributed by atoms with E-state index in [1.165, 1.54) is 20.8 Å². The number of furan rings is 1. The number of hydrogen-bond donors (Lipinski definition) is 3. The van der Waals surface area contributed by atoms with Crippen molar-refractivity contribution in [3.05, 3.63) is 81.9 Å². The fourth-order valence-corrected chi connectivity index (χ4v) is 5.48. The molecule has 0 aliphatic carbocycles. The highest BCUT2D eigenvalue weighted by atomic mass is 32.1. The van der Waals surface area contributed by atoms with E-state index in [-0.39, 0.29) is 17.7 Å². The number of piperidine rings is 1. The van der Waals surface area contributed by atoms with Crippen LogP contribution in [0.5, 0.6) is 0 Å². The zero-order valence-corrected chi connectivity index (χ0v) is 24.6. The zero-order valence-electron chi connectivity index (χ0n) is 23.8. The molecule has 1 amide bonds. The number of carbonyl (C=O) groups excluding carboxylic acids is 1. The molecule has 1 aliphatic rings. The molecule has 5 aromatic rings. The molecule has 1 saturated heterocycles. The summed E-state index contributed by atoms with van der Waals surface area (Å²) in [6.45, 7) is 2.21. The molecule has 0 atom stereocenters. The van der Waals surface area contributed by atoms with Gasteiger partial charge in [-0.2, -0.15) is 4.98 Å². The summed E-state index contributed by atoms with van der Waals surface area (Å²) in [6, 6.07) is 11.9. The highest BCUT2D eigenvalue weighted by molar-refractivity contribution is 7.13. The Labute approximate surface area is 252 Å². The second kappa shape index (κ2) is 12.5. The van der Waals surface area contributed by atoms with Crippen molar-refractivity contribution in [2.24, 2.45) is 0 Å². The van der Waals surface area contributed by atoms with E-state index in [0.717, 1.165) is 42.9 Å². The second-order valence-electron chi connectivity index (χ2n) is 10.4. The smallest absolute Gasteiger partial charge is 0.298 e. The fourth-order valence-electron chi connectivity index (χ4n) is 4.82. The Morgan fingerprint density at radius 1 is 1.16 bits per heavy atom. The summed E-state index contributed by atoms with van der Waals surface area (Å²) in [7, 11) is 3.21. The van der Waals surface area contributed by atoms with Crippen molar-refractivity contribution in [3.8, 4) is 22.6 Å². The number of nitrogens with zero attached hydrogens (tertiary/aromatic N) is 5. The highest BCUT2D eigenvalue weighted by Crippen LogP contribution is 2.28. The van der Waals surface area contributed by atoms with Crippen LogP contribution in [-0.4, -0.2) is 63.6 Å². The normalized spacial score (nSPS) is 13.3. The van der Waals surface area contributed by atoms with Crippen LogP contribution in [0.25, 0.3) is 21.8 Å². The van der Waals surface area contributed by atoms with Crippen LogP contribution in [0.1, 0.15) is 24.0 Å². The molecule has 5 heterocycles. The number of thiazole rings is 1. The number of rotatable bonds is 7. The molecule has 0 unspecified atom stereocenters. The van der Waals surface area contributed by atoms with Gasteiger partial charge in [0.05, 0.1) is 18.4 Å². The molecule has 0 spiro atoms. The molecular weight excluding hydrogens is 564 g/mol. The minimum atomic E-state index is -0.403. The van der Waals surface area contributed by atoms with Gasteiger partial charge in [0, 0.05) is 66.2 Å². The van der Waals surface area contributed by atoms with Gasteiger partial charge in [0.15, 0.2) is 10.8 Å². The van der Waals surface area contributed by atoms with Crippen LogP contribution >= 0.6 is 11.3 Å². The van der Waals surface area contributed by atoms with E-state index in [2.05, 4.69) is 37.8 Å². The summed E-state index contributed by atoms with van der Waals surface area (Å²) in [6.07, 6.45) is 7.10. The van der Waals surface area contributed by atoms with Crippen LogP contribution < -0.4 is 21.5 Å². The summed E-state index contributed by atoms with van der Waals surface area (Å²) in [5, 5.41) is 13.4. The van der Waals surface area contributed by atoms with Crippen LogP contribution in [0.3, 0.4) is 0 Å². The number of carbonyl (C=O) groups is 1. The first kappa shape index (κ1) is 28.1. The topological polar surface area (TPSA) is 130 Å². The van der Waals surface area contributed by atoms with Crippen molar-refractivity contribution in [2.45, 2.75) is 25.4 Å². The Bertz CT molecular complexity index is 1860. The van der Waals surface area contributed by atoms with Crippen LogP contribution in [0.2, 0.25) is 0 Å². The number of hydrogen-bond acceptors (Lipinski definition) is 10. The lowest BCUT2D eigenvalue weighted by Gasteiger charge is -2.24. The Morgan fingerprint density at radius 2 is 1.95 bits per heavy atom. The molecule has 12 heteroatoms. The molecule has 1 fully saturated rings. The predicted molar refractivity (Wildman–Crippen MR) is 168 cm³/mol. The number of anilines is 3. The third-order valence-corrected chi connectivity index (χ3v) is 7.86. The molecule has 218 valence electrons. The minimum Gasteiger partial charge on any atom is -0.461 e. The summed E-state index contributed by atoms with van der Waals surface area (Å²) in [5.74, 6) is 5.80. The van der Waals surface area contributed by atoms with Crippen LogP contribution in [-0.2, 0) is 11.3 Å². The average molecular weight is 595 g/mol. The molecule has 0 radical (unpaired) electrons. The second-order valence-corrected chi connectivity index (χ2v) is 11.2. The average Bonchev–Trinajstić information content (AvgIpc) is 3.72. The van der Waals surface area contributed by atoms with E-state index >= 15 is 0 Å². The van der Waals surface area contributed by atoms with E-state index in [4.69, 9.17) is 9.40 Å². The van der Waals surface area contributed by atoms with Crippen LogP contribution in [0.4, 0.5) is 17.3 Å². The number of amides is 1. The van der Waals surface area contributed by atoms with Crippen molar-refractivity contribution in [1.29, 1.82) is 0 Å². The summed E-state index contributed by atoms with van der Waals surface area (Å²) < 4.78 is 7.26. The third-order valence-electron chi connectivity index (χ3n) is 7.09.